The summed E-state index contributed by atoms with van der Waals surface area (Å²) in [5.41, 5.74) is 2.80. The lowest BCUT2D eigenvalue weighted by Crippen LogP contribution is -2.08. The lowest BCUT2D eigenvalue weighted by atomic mass is 10.0. The first-order valence-corrected chi connectivity index (χ1v) is 6.03. The molecule has 2 rings (SSSR count). The van der Waals surface area contributed by atoms with Gasteiger partial charge >= 0.3 is 0 Å². The number of nitrogens with zero attached hydrogens (tertiary/aromatic N) is 1. The van der Waals surface area contributed by atoms with Crippen LogP contribution in [0.3, 0.4) is 0 Å². The quantitative estimate of drug-likeness (QED) is 0.657. The lowest BCUT2D eigenvalue weighted by molar-refractivity contribution is 0.103. The maximum atomic E-state index is 12.3. The fraction of sp³-hybridized carbons (Fsp3) is 0.0667. The van der Waals surface area contributed by atoms with Gasteiger partial charge in [-0.25, -0.2) is 0 Å². The van der Waals surface area contributed by atoms with E-state index in [2.05, 4.69) is 5.23 Å². The Morgan fingerprint density at radius 2 is 1.89 bits per heavy atom. The molecule has 92 valence electrons. The number of rotatable bonds is 4. The molecule has 0 aliphatic rings. The van der Waals surface area contributed by atoms with Crippen molar-refractivity contribution in [2.24, 2.45) is 0 Å². The van der Waals surface area contributed by atoms with Crippen LogP contribution >= 0.6 is 0 Å². The van der Waals surface area contributed by atoms with Crippen LogP contribution in [-0.2, 0) is 6.54 Å². The van der Waals surface area contributed by atoms with Crippen molar-refractivity contribution in [3.8, 4) is 6.07 Å². The van der Waals surface area contributed by atoms with Crippen LogP contribution in [-0.4, -0.2) is 13.8 Å². The summed E-state index contributed by atoms with van der Waals surface area (Å²) in [5.74, 6) is -0.0619. The van der Waals surface area contributed by atoms with Gasteiger partial charge in [-0.1, -0.05) is 36.4 Å². The number of carbonyl (C=O) groups excluding carboxylic acids is 1. The van der Waals surface area contributed by atoms with Gasteiger partial charge in [-0.3, -0.25) is 4.79 Å². The Morgan fingerprint density at radius 3 is 2.53 bits per heavy atom. The topological polar surface area (TPSA) is 52.9 Å². The molecular formula is C15H13BN2O. The van der Waals surface area contributed by atoms with Crippen LogP contribution in [0.15, 0.2) is 48.5 Å². The van der Waals surface area contributed by atoms with Crippen molar-refractivity contribution in [1.82, 2.24) is 5.23 Å². The molecule has 0 heterocycles. The molecule has 2 aromatic carbocycles. The maximum absolute atomic E-state index is 12.3. The van der Waals surface area contributed by atoms with E-state index in [1.54, 1.807) is 24.3 Å². The largest absolute Gasteiger partial charge is 0.358 e. The lowest BCUT2D eigenvalue weighted by Gasteiger charge is -2.04. The molecule has 0 amide bonds. The first-order chi connectivity index (χ1) is 9.24. The summed E-state index contributed by atoms with van der Waals surface area (Å²) in [6.45, 7) is 0.776. The van der Waals surface area contributed by atoms with Crippen LogP contribution in [0.5, 0.6) is 0 Å². The molecule has 0 aromatic heterocycles. The van der Waals surface area contributed by atoms with Gasteiger partial charge in [-0.2, -0.15) is 5.26 Å². The van der Waals surface area contributed by atoms with Crippen molar-refractivity contribution in [2.45, 2.75) is 6.54 Å². The second-order valence-electron chi connectivity index (χ2n) is 4.25. The minimum Gasteiger partial charge on any atom is -0.358 e. The predicted octanol–water partition coefficient (Wildman–Crippen LogP) is 1.43. The second kappa shape index (κ2) is 5.99. The van der Waals surface area contributed by atoms with Crippen molar-refractivity contribution in [3.63, 3.8) is 0 Å². The molecule has 2 aromatic rings. The number of hydrogen-bond acceptors (Lipinski definition) is 3. The Balaban J connectivity index is 2.26. The Labute approximate surface area is 113 Å². The van der Waals surface area contributed by atoms with Crippen molar-refractivity contribution in [3.05, 3.63) is 70.8 Å². The highest BCUT2D eigenvalue weighted by Crippen LogP contribution is 2.12. The summed E-state index contributed by atoms with van der Waals surface area (Å²) in [5, 5.41) is 11.9. The molecule has 0 spiro atoms. The third-order valence-corrected chi connectivity index (χ3v) is 2.85. The number of nitrogens with one attached hydrogen (secondary N) is 1. The molecule has 0 aliphatic heterocycles. The summed E-state index contributed by atoms with van der Waals surface area (Å²) >= 11 is 0. The molecule has 0 saturated carbocycles. The molecule has 0 radical (unpaired) electrons. The van der Waals surface area contributed by atoms with Crippen molar-refractivity contribution >= 4 is 13.8 Å². The van der Waals surface area contributed by atoms with Crippen LogP contribution < -0.4 is 5.23 Å². The standard InChI is InChI=1S/C15H13BN2O/c16-18-10-11-4-6-13(7-5-11)15(19)14-3-1-2-12(8-14)9-17/h1-8,18H,10,16H2. The molecule has 0 saturated heterocycles. The summed E-state index contributed by atoms with van der Waals surface area (Å²) in [7, 11) is 1.88. The molecule has 0 fully saturated rings. The van der Waals surface area contributed by atoms with E-state index >= 15 is 0 Å². The smallest absolute Gasteiger partial charge is 0.193 e. The predicted molar refractivity (Wildman–Crippen MR) is 76.4 cm³/mol. The fourth-order valence-electron chi connectivity index (χ4n) is 1.87. The van der Waals surface area contributed by atoms with E-state index in [0.717, 1.165) is 12.1 Å². The number of benzene rings is 2. The second-order valence-corrected chi connectivity index (χ2v) is 4.25. The van der Waals surface area contributed by atoms with E-state index < -0.39 is 0 Å². The third-order valence-electron chi connectivity index (χ3n) is 2.85. The summed E-state index contributed by atoms with van der Waals surface area (Å²) in [4.78, 5) is 12.3. The van der Waals surface area contributed by atoms with Gasteiger partial charge in [0.15, 0.2) is 13.8 Å². The summed E-state index contributed by atoms with van der Waals surface area (Å²) in [6, 6.07) is 16.3. The minimum atomic E-state index is -0.0619. The minimum absolute atomic E-state index is 0.0619. The van der Waals surface area contributed by atoms with Crippen molar-refractivity contribution < 1.29 is 4.79 Å². The van der Waals surface area contributed by atoms with E-state index in [1.165, 1.54) is 0 Å². The average molecular weight is 248 g/mol. The van der Waals surface area contributed by atoms with E-state index in [4.69, 9.17) is 5.26 Å². The average Bonchev–Trinajstić information content (AvgIpc) is 2.48. The SMILES string of the molecule is BNCc1ccc(C(=O)c2cccc(C#N)c2)cc1. The van der Waals surface area contributed by atoms with Gasteiger partial charge in [0, 0.05) is 17.7 Å². The van der Waals surface area contributed by atoms with Gasteiger partial charge in [0.25, 0.3) is 0 Å². The maximum Gasteiger partial charge on any atom is 0.193 e. The zero-order chi connectivity index (χ0) is 13.7. The molecule has 1 N–H and O–H groups in total. The summed E-state index contributed by atoms with van der Waals surface area (Å²) in [6.07, 6.45) is 0. The first-order valence-electron chi connectivity index (χ1n) is 6.03. The van der Waals surface area contributed by atoms with Gasteiger partial charge in [0.2, 0.25) is 0 Å². The number of hydrogen-bond donors (Lipinski definition) is 1. The molecule has 4 heteroatoms. The third kappa shape index (κ3) is 3.09. The van der Waals surface area contributed by atoms with Gasteiger partial charge in [0.1, 0.15) is 0 Å². The molecule has 0 atom stereocenters. The van der Waals surface area contributed by atoms with Crippen molar-refractivity contribution in [2.75, 3.05) is 0 Å². The molecule has 19 heavy (non-hydrogen) atoms. The molecule has 0 aliphatic carbocycles. The van der Waals surface area contributed by atoms with E-state index in [9.17, 15) is 4.79 Å². The molecule has 0 unspecified atom stereocenters. The van der Waals surface area contributed by atoms with Crippen LogP contribution in [0.2, 0.25) is 0 Å². The highest BCUT2D eigenvalue weighted by molar-refractivity contribution is 6.09. The van der Waals surface area contributed by atoms with Crippen molar-refractivity contribution in [1.29, 1.82) is 5.26 Å². The zero-order valence-corrected chi connectivity index (χ0v) is 10.7. The monoisotopic (exact) mass is 248 g/mol. The Hall–Kier alpha value is -2.38. The Kier molecular flexibility index (Phi) is 4.12. The van der Waals surface area contributed by atoms with E-state index in [1.807, 2.05) is 38.3 Å². The molecule has 0 bridgehead atoms. The first kappa shape index (κ1) is 13.1. The normalized spacial score (nSPS) is 9.84. The van der Waals surface area contributed by atoms with Crippen LogP contribution in [0.4, 0.5) is 0 Å². The van der Waals surface area contributed by atoms with Gasteiger partial charge in [0.05, 0.1) is 11.6 Å². The van der Waals surface area contributed by atoms with E-state index in [0.29, 0.717) is 16.7 Å². The van der Waals surface area contributed by atoms with Gasteiger partial charge in [-0.05, 0) is 17.7 Å². The Bertz CT molecular complexity index is 629. The highest BCUT2D eigenvalue weighted by Gasteiger charge is 2.09. The summed E-state index contributed by atoms with van der Waals surface area (Å²) < 4.78 is 0. The number of ketones is 1. The highest BCUT2D eigenvalue weighted by atomic mass is 16.1. The number of carbonyl (C=O) groups is 1. The Morgan fingerprint density at radius 1 is 1.16 bits per heavy atom. The van der Waals surface area contributed by atoms with E-state index in [-0.39, 0.29) is 5.78 Å². The van der Waals surface area contributed by atoms with Gasteiger partial charge < -0.3 is 5.23 Å². The van der Waals surface area contributed by atoms with Crippen LogP contribution in [0.1, 0.15) is 27.0 Å². The zero-order valence-electron chi connectivity index (χ0n) is 10.7. The van der Waals surface area contributed by atoms with Gasteiger partial charge in [-0.15, -0.1) is 0 Å². The van der Waals surface area contributed by atoms with Crippen LogP contribution in [0, 0.1) is 11.3 Å². The molecular weight excluding hydrogens is 235 g/mol. The molecule has 3 nitrogen and oxygen atoms in total. The fourth-order valence-corrected chi connectivity index (χ4v) is 1.87. The van der Waals surface area contributed by atoms with Crippen LogP contribution in [0.25, 0.3) is 0 Å². The number of nitriles is 1.